The van der Waals surface area contributed by atoms with Crippen LogP contribution in [0.25, 0.3) is 0 Å². The van der Waals surface area contributed by atoms with Crippen molar-refractivity contribution in [2.75, 3.05) is 18.7 Å². The highest BCUT2D eigenvalue weighted by Gasteiger charge is 2.59. The van der Waals surface area contributed by atoms with E-state index in [1.807, 2.05) is 6.07 Å². The lowest BCUT2D eigenvalue weighted by atomic mass is 10.1. The summed E-state index contributed by atoms with van der Waals surface area (Å²) in [7, 11) is -1.90. The van der Waals surface area contributed by atoms with E-state index in [0.717, 1.165) is 0 Å². The molecule has 11 nitrogen and oxygen atoms in total. The Morgan fingerprint density at radius 2 is 1.86 bits per heavy atom. The number of anilines is 1. The summed E-state index contributed by atoms with van der Waals surface area (Å²) in [5.74, 6) is -4.97. The van der Waals surface area contributed by atoms with Crippen LogP contribution in [-0.2, 0) is 14.5 Å². The Morgan fingerprint density at radius 1 is 1.16 bits per heavy atom. The number of rotatable bonds is 7. The van der Waals surface area contributed by atoms with Crippen molar-refractivity contribution < 1.29 is 36.8 Å². The Bertz CT molecular complexity index is 1770. The Kier molecular flexibility index (Phi) is 8.42. The summed E-state index contributed by atoms with van der Waals surface area (Å²) in [5, 5.41) is 19.8. The summed E-state index contributed by atoms with van der Waals surface area (Å²) < 4.78 is 61.3. The fourth-order valence-electron chi connectivity index (χ4n) is 4.10. The van der Waals surface area contributed by atoms with Crippen LogP contribution >= 0.6 is 0 Å². The van der Waals surface area contributed by atoms with Crippen molar-refractivity contribution in [2.45, 2.75) is 56.5 Å². The number of ether oxygens (including phenoxy) is 3. The summed E-state index contributed by atoms with van der Waals surface area (Å²) in [6, 6.07) is 12.2. The number of nitrogens with one attached hydrogen (secondary N) is 1. The third kappa shape index (κ3) is 7.23. The molecule has 0 aliphatic heterocycles. The third-order valence-corrected chi connectivity index (χ3v) is 7.90. The van der Waals surface area contributed by atoms with Crippen LogP contribution in [0.15, 0.2) is 51.7 Å². The monoisotopic (exact) mass is 613 g/mol. The van der Waals surface area contributed by atoms with Crippen molar-refractivity contribution in [3.8, 4) is 23.4 Å². The Hall–Kier alpha value is -4.64. The van der Waals surface area contributed by atoms with E-state index in [4.69, 9.17) is 14.2 Å². The van der Waals surface area contributed by atoms with Crippen LogP contribution in [0.4, 0.5) is 19.3 Å². The molecule has 1 N–H and O–H groups in total. The van der Waals surface area contributed by atoms with Crippen LogP contribution in [-0.4, -0.2) is 51.3 Å². The molecule has 3 aromatic rings. The molecule has 14 heteroatoms. The largest absolute Gasteiger partial charge is 0.493 e. The molecular formula is C29H29F2N5O6S. The summed E-state index contributed by atoms with van der Waals surface area (Å²) >= 11 is 0. The van der Waals surface area contributed by atoms with Crippen LogP contribution in [0, 0.1) is 18.3 Å². The lowest BCUT2D eigenvalue weighted by Crippen LogP contribution is -2.22. The van der Waals surface area contributed by atoms with Crippen LogP contribution in [0.5, 0.6) is 17.4 Å². The third-order valence-electron chi connectivity index (χ3n) is 6.28. The maximum Gasteiger partial charge on any atom is 0.442 e. The van der Waals surface area contributed by atoms with Gasteiger partial charge in [-0.1, -0.05) is 6.07 Å². The van der Waals surface area contributed by atoms with E-state index in [0.29, 0.717) is 5.56 Å². The molecule has 0 radical (unpaired) electrons. The molecule has 43 heavy (non-hydrogen) atoms. The number of methoxy groups -OCH3 is 1. The van der Waals surface area contributed by atoms with Gasteiger partial charge in [0.25, 0.3) is 17.7 Å². The molecule has 1 heterocycles. The molecule has 226 valence electrons. The molecule has 2 unspecified atom stereocenters. The Morgan fingerprint density at radius 3 is 2.47 bits per heavy atom. The van der Waals surface area contributed by atoms with Crippen molar-refractivity contribution in [2.24, 2.45) is 4.36 Å². The summed E-state index contributed by atoms with van der Waals surface area (Å²) in [4.78, 5) is 26.0. The highest BCUT2D eigenvalue weighted by atomic mass is 32.2. The Balaban J connectivity index is 1.71. The highest BCUT2D eigenvalue weighted by Crippen LogP contribution is 2.56. The standard InChI is InChI=1S/C29H29F2N5O6S/c1-16-23(25(37)33-18-8-7-9-19(13-18)43(6,39)36-27(38)42-28(2,3)4)26(35-34-24(16)20-14-29(20,30)31)41-21-11-10-17(15-32)12-22(21)40-5/h7-13,20H,14H2,1-6H3,(H,33,37). The van der Waals surface area contributed by atoms with Gasteiger partial charge in [-0.3, -0.25) is 4.79 Å². The van der Waals surface area contributed by atoms with E-state index < -0.39 is 45.6 Å². The molecule has 1 aromatic heterocycles. The van der Waals surface area contributed by atoms with Gasteiger partial charge in [-0.2, -0.15) is 10.4 Å². The topological polar surface area (TPSA) is 153 Å². The molecule has 0 saturated heterocycles. The molecule has 1 aliphatic rings. The molecule has 2 atom stereocenters. The maximum absolute atomic E-state index is 14.0. The van der Waals surface area contributed by atoms with Crippen LogP contribution < -0.4 is 14.8 Å². The van der Waals surface area contributed by atoms with Crippen molar-refractivity contribution in [1.29, 1.82) is 5.26 Å². The fourth-order valence-corrected chi connectivity index (χ4v) is 5.20. The van der Waals surface area contributed by atoms with Crippen molar-refractivity contribution in [3.63, 3.8) is 0 Å². The van der Waals surface area contributed by atoms with Gasteiger partial charge in [-0.25, -0.2) is 17.8 Å². The van der Waals surface area contributed by atoms with E-state index in [9.17, 15) is 27.8 Å². The first-order valence-electron chi connectivity index (χ1n) is 12.9. The second-order valence-electron chi connectivity index (χ2n) is 10.8. The number of hydrogen-bond donors (Lipinski definition) is 1. The van der Waals surface area contributed by atoms with Gasteiger partial charge in [0.05, 0.1) is 40.1 Å². The number of alkyl halides is 2. The minimum absolute atomic E-state index is 0.0456. The van der Waals surface area contributed by atoms with E-state index in [1.54, 1.807) is 20.8 Å². The first-order valence-corrected chi connectivity index (χ1v) is 14.8. The van der Waals surface area contributed by atoms with Crippen molar-refractivity contribution in [3.05, 3.63) is 64.8 Å². The zero-order chi connectivity index (χ0) is 31.7. The second kappa shape index (κ2) is 11.6. The van der Waals surface area contributed by atoms with Gasteiger partial charge in [-0.05, 0) is 63.6 Å². The van der Waals surface area contributed by atoms with Gasteiger partial charge >= 0.3 is 6.09 Å². The molecule has 1 fully saturated rings. The maximum atomic E-state index is 14.0. The fraction of sp³-hybridized carbons (Fsp3) is 0.345. The molecule has 0 spiro atoms. The Labute approximate surface area is 247 Å². The predicted molar refractivity (Wildman–Crippen MR) is 152 cm³/mol. The quantitative estimate of drug-likeness (QED) is 0.327. The molecule has 1 aliphatic carbocycles. The zero-order valence-corrected chi connectivity index (χ0v) is 25.0. The van der Waals surface area contributed by atoms with E-state index in [1.165, 1.54) is 62.8 Å². The van der Waals surface area contributed by atoms with E-state index >= 15 is 0 Å². The molecule has 0 bridgehead atoms. The average molecular weight is 614 g/mol. The number of halogens is 2. The van der Waals surface area contributed by atoms with Crippen LogP contribution in [0.1, 0.15) is 60.3 Å². The number of hydrogen-bond acceptors (Lipinski definition) is 9. The molecular weight excluding hydrogens is 584 g/mol. The first kappa shape index (κ1) is 31.3. The van der Waals surface area contributed by atoms with Crippen LogP contribution in [0.3, 0.4) is 0 Å². The molecule has 2 amide bonds. The van der Waals surface area contributed by atoms with Gasteiger partial charge < -0.3 is 19.5 Å². The molecule has 2 aromatic carbocycles. The smallest absolute Gasteiger partial charge is 0.442 e. The number of nitrogens with zero attached hydrogens (tertiary/aromatic N) is 4. The van der Waals surface area contributed by atoms with E-state index in [2.05, 4.69) is 19.9 Å². The first-order chi connectivity index (χ1) is 20.0. The number of aromatic nitrogens is 2. The average Bonchev–Trinajstić information content (AvgIpc) is 3.54. The van der Waals surface area contributed by atoms with Gasteiger partial charge in [-0.15, -0.1) is 9.46 Å². The number of nitriles is 1. The zero-order valence-electron chi connectivity index (χ0n) is 24.2. The summed E-state index contributed by atoms with van der Waals surface area (Å²) in [6.07, 6.45) is -0.174. The van der Waals surface area contributed by atoms with Crippen LogP contribution in [0.2, 0.25) is 0 Å². The SMILES string of the molecule is COc1cc(C#N)ccc1Oc1nnc(C2CC2(F)F)c(C)c1C(=O)Nc1cccc(S(C)(=O)=NC(=O)OC(C)(C)C)c1. The van der Waals surface area contributed by atoms with Gasteiger partial charge in [0, 0.05) is 29.3 Å². The molecule has 1 saturated carbocycles. The van der Waals surface area contributed by atoms with E-state index in [-0.39, 0.29) is 44.8 Å². The van der Waals surface area contributed by atoms with Gasteiger partial charge in [0.15, 0.2) is 11.5 Å². The summed E-state index contributed by atoms with van der Waals surface area (Å²) in [6.45, 7) is 6.41. The normalized spacial score (nSPS) is 16.7. The minimum atomic E-state index is -3.27. The van der Waals surface area contributed by atoms with Gasteiger partial charge in [0.2, 0.25) is 0 Å². The van der Waals surface area contributed by atoms with Gasteiger partial charge in [0.1, 0.15) is 11.2 Å². The predicted octanol–water partition coefficient (Wildman–Crippen LogP) is 6.22. The summed E-state index contributed by atoms with van der Waals surface area (Å²) in [5.41, 5.74) is -0.453. The second-order valence-corrected chi connectivity index (χ2v) is 13.1. The highest BCUT2D eigenvalue weighted by molar-refractivity contribution is 7.93. The lowest BCUT2D eigenvalue weighted by Gasteiger charge is -2.18. The number of benzene rings is 2. The van der Waals surface area contributed by atoms with Crippen molar-refractivity contribution in [1.82, 2.24) is 10.2 Å². The number of carbonyl (C=O) groups excluding carboxylic acids is 2. The lowest BCUT2D eigenvalue weighted by molar-refractivity contribution is 0.0607. The minimum Gasteiger partial charge on any atom is -0.493 e. The molecule has 4 rings (SSSR count). The number of amides is 2. The number of carbonyl (C=O) groups is 2. The van der Waals surface area contributed by atoms with Crippen molar-refractivity contribution >= 4 is 27.4 Å².